The highest BCUT2D eigenvalue weighted by atomic mass is 32.2. The molecular formula is C18H20O4S. The Morgan fingerprint density at radius 1 is 1.13 bits per heavy atom. The zero-order valence-corrected chi connectivity index (χ0v) is 13.7. The molecule has 2 rings (SSSR count). The molecule has 0 aliphatic carbocycles. The van der Waals surface area contributed by atoms with Crippen LogP contribution >= 0.6 is 11.8 Å². The molecule has 122 valence electrons. The number of hydrogen-bond acceptors (Lipinski definition) is 5. The fraction of sp³-hybridized carbons (Fsp3) is 0.222. The lowest BCUT2D eigenvalue weighted by Crippen LogP contribution is -1.95. The molecule has 3 N–H and O–H groups in total. The second-order valence-electron chi connectivity index (χ2n) is 4.87. The van der Waals surface area contributed by atoms with Gasteiger partial charge in [0.1, 0.15) is 5.75 Å². The summed E-state index contributed by atoms with van der Waals surface area (Å²) in [7, 11) is 1.51. The van der Waals surface area contributed by atoms with Crippen molar-refractivity contribution in [3.05, 3.63) is 59.7 Å². The summed E-state index contributed by atoms with van der Waals surface area (Å²) in [5.74, 6) is 0.704. The molecule has 0 aromatic heterocycles. The van der Waals surface area contributed by atoms with Crippen LogP contribution in [0.4, 0.5) is 0 Å². The smallest absolute Gasteiger partial charge is 0.161 e. The van der Waals surface area contributed by atoms with Crippen molar-refractivity contribution in [3.63, 3.8) is 0 Å². The van der Waals surface area contributed by atoms with Crippen molar-refractivity contribution < 1.29 is 20.1 Å². The van der Waals surface area contributed by atoms with Gasteiger partial charge in [0.05, 0.1) is 13.7 Å². The summed E-state index contributed by atoms with van der Waals surface area (Å²) >= 11 is 1.63. The Bertz CT molecular complexity index is 656. The van der Waals surface area contributed by atoms with Gasteiger partial charge in [-0.05, 0) is 11.6 Å². The largest absolute Gasteiger partial charge is 0.504 e. The third-order valence-electron chi connectivity index (χ3n) is 3.29. The predicted molar refractivity (Wildman–Crippen MR) is 94.1 cm³/mol. The van der Waals surface area contributed by atoms with Crippen LogP contribution in [-0.4, -0.2) is 34.8 Å². The Hall–Kier alpha value is -2.11. The third-order valence-corrected chi connectivity index (χ3v) is 4.50. The topological polar surface area (TPSA) is 69.9 Å². The molecule has 2 aromatic rings. The molecule has 23 heavy (non-hydrogen) atoms. The first-order valence-corrected chi connectivity index (χ1v) is 8.26. The van der Waals surface area contributed by atoms with E-state index in [-0.39, 0.29) is 23.4 Å². The van der Waals surface area contributed by atoms with E-state index in [9.17, 15) is 10.2 Å². The van der Waals surface area contributed by atoms with Gasteiger partial charge in [-0.25, -0.2) is 0 Å². The Morgan fingerprint density at radius 2 is 1.83 bits per heavy atom. The summed E-state index contributed by atoms with van der Waals surface area (Å²) < 4.78 is 5.23. The van der Waals surface area contributed by atoms with Crippen LogP contribution in [0.1, 0.15) is 16.4 Å². The summed E-state index contributed by atoms with van der Waals surface area (Å²) in [6, 6.07) is 12.8. The maximum atomic E-state index is 9.67. The molecule has 0 bridgehead atoms. The molecule has 1 atom stereocenters. The average molecular weight is 332 g/mol. The SMILES string of the molecule is COc1cc(O)c(O)cc1/C=C/C(SCCO)c1ccccc1. The second kappa shape index (κ2) is 8.50. The second-order valence-corrected chi connectivity index (χ2v) is 6.12. The third kappa shape index (κ3) is 4.68. The van der Waals surface area contributed by atoms with E-state index in [1.165, 1.54) is 19.2 Å². The first-order valence-electron chi connectivity index (χ1n) is 7.21. The lowest BCUT2D eigenvalue weighted by atomic mass is 10.1. The summed E-state index contributed by atoms with van der Waals surface area (Å²) in [5, 5.41) is 28.4. The van der Waals surface area contributed by atoms with Crippen molar-refractivity contribution in [2.24, 2.45) is 0 Å². The van der Waals surface area contributed by atoms with Crippen LogP contribution in [0.25, 0.3) is 6.08 Å². The maximum absolute atomic E-state index is 9.67. The molecule has 0 heterocycles. The van der Waals surface area contributed by atoms with E-state index in [2.05, 4.69) is 0 Å². The fourth-order valence-corrected chi connectivity index (χ4v) is 3.06. The number of phenols is 2. The monoisotopic (exact) mass is 332 g/mol. The number of ether oxygens (including phenoxy) is 1. The van der Waals surface area contributed by atoms with Crippen molar-refractivity contribution in [2.45, 2.75) is 5.25 Å². The summed E-state index contributed by atoms with van der Waals surface area (Å²) in [6.07, 6.45) is 3.84. The molecule has 0 aliphatic rings. The van der Waals surface area contributed by atoms with Crippen LogP contribution in [0, 0.1) is 0 Å². The fourth-order valence-electron chi connectivity index (χ4n) is 2.16. The first kappa shape index (κ1) is 17.2. The number of hydrogen-bond donors (Lipinski definition) is 3. The zero-order chi connectivity index (χ0) is 16.7. The van der Waals surface area contributed by atoms with Gasteiger partial charge in [0.15, 0.2) is 11.5 Å². The number of rotatable bonds is 7. The highest BCUT2D eigenvalue weighted by Crippen LogP contribution is 2.35. The van der Waals surface area contributed by atoms with Crippen LogP contribution in [0.2, 0.25) is 0 Å². The minimum atomic E-state index is -0.215. The van der Waals surface area contributed by atoms with Gasteiger partial charge < -0.3 is 20.1 Å². The highest BCUT2D eigenvalue weighted by Gasteiger charge is 2.10. The number of benzene rings is 2. The van der Waals surface area contributed by atoms with E-state index >= 15 is 0 Å². The molecule has 0 spiro atoms. The molecule has 0 radical (unpaired) electrons. The molecule has 0 amide bonds. The van der Waals surface area contributed by atoms with E-state index in [1.807, 2.05) is 42.5 Å². The Balaban J connectivity index is 2.28. The summed E-state index contributed by atoms with van der Waals surface area (Å²) in [4.78, 5) is 0. The van der Waals surface area contributed by atoms with Gasteiger partial charge in [-0.2, -0.15) is 0 Å². The van der Waals surface area contributed by atoms with Gasteiger partial charge in [0.25, 0.3) is 0 Å². The predicted octanol–water partition coefficient (Wildman–Crippen LogP) is 3.59. The first-order chi connectivity index (χ1) is 11.2. The van der Waals surface area contributed by atoms with Crippen molar-refractivity contribution in [2.75, 3.05) is 19.5 Å². The van der Waals surface area contributed by atoms with E-state index in [1.54, 1.807) is 11.8 Å². The maximum Gasteiger partial charge on any atom is 0.161 e. The van der Waals surface area contributed by atoms with Crippen molar-refractivity contribution >= 4 is 17.8 Å². The molecular weight excluding hydrogens is 312 g/mol. The van der Waals surface area contributed by atoms with Gasteiger partial charge in [-0.3, -0.25) is 0 Å². The summed E-state index contributed by atoms with van der Waals surface area (Å²) in [6.45, 7) is 0.116. The van der Waals surface area contributed by atoms with Gasteiger partial charge in [-0.1, -0.05) is 42.5 Å². The average Bonchev–Trinajstić information content (AvgIpc) is 2.58. The van der Waals surface area contributed by atoms with Gasteiger partial charge in [0, 0.05) is 22.6 Å². The quantitative estimate of drug-likeness (QED) is 0.676. The number of thioether (sulfide) groups is 1. The van der Waals surface area contributed by atoms with E-state index in [0.29, 0.717) is 17.1 Å². The molecule has 5 heteroatoms. The number of methoxy groups -OCH3 is 1. The molecule has 2 aromatic carbocycles. The highest BCUT2D eigenvalue weighted by molar-refractivity contribution is 7.99. The molecule has 0 saturated carbocycles. The summed E-state index contributed by atoms with van der Waals surface area (Å²) in [5.41, 5.74) is 1.80. The number of aliphatic hydroxyl groups excluding tert-OH is 1. The van der Waals surface area contributed by atoms with Crippen molar-refractivity contribution in [3.8, 4) is 17.2 Å². The Morgan fingerprint density at radius 3 is 2.48 bits per heavy atom. The number of aliphatic hydroxyl groups is 1. The van der Waals surface area contributed by atoms with Crippen LogP contribution in [-0.2, 0) is 0 Å². The van der Waals surface area contributed by atoms with E-state index in [0.717, 1.165) is 5.56 Å². The number of phenolic OH excluding ortho intramolecular Hbond substituents is 2. The molecule has 0 aliphatic heterocycles. The van der Waals surface area contributed by atoms with Crippen molar-refractivity contribution in [1.82, 2.24) is 0 Å². The van der Waals surface area contributed by atoms with Crippen LogP contribution in [0.5, 0.6) is 17.2 Å². The standard InChI is InChI=1S/C18H20O4S/c1-22-17-12-16(21)15(20)11-14(17)7-8-18(23-10-9-19)13-5-3-2-4-6-13/h2-8,11-12,18-21H,9-10H2,1H3/b8-7+. The lowest BCUT2D eigenvalue weighted by molar-refractivity contribution is 0.322. The van der Waals surface area contributed by atoms with Crippen LogP contribution < -0.4 is 4.74 Å². The minimum absolute atomic E-state index is 0.0732. The normalized spacial score (nSPS) is 12.4. The van der Waals surface area contributed by atoms with Crippen molar-refractivity contribution in [1.29, 1.82) is 0 Å². The zero-order valence-electron chi connectivity index (χ0n) is 12.8. The minimum Gasteiger partial charge on any atom is -0.504 e. The molecule has 0 fully saturated rings. The molecule has 1 unspecified atom stereocenters. The van der Waals surface area contributed by atoms with E-state index in [4.69, 9.17) is 9.84 Å². The van der Waals surface area contributed by atoms with Gasteiger partial charge in [-0.15, -0.1) is 11.8 Å². The van der Waals surface area contributed by atoms with Crippen LogP contribution in [0.3, 0.4) is 0 Å². The van der Waals surface area contributed by atoms with Gasteiger partial charge in [0.2, 0.25) is 0 Å². The van der Waals surface area contributed by atoms with Gasteiger partial charge >= 0.3 is 0 Å². The molecule has 4 nitrogen and oxygen atoms in total. The molecule has 0 saturated heterocycles. The Labute approximate surface area is 140 Å². The lowest BCUT2D eigenvalue weighted by Gasteiger charge is -2.13. The van der Waals surface area contributed by atoms with Crippen LogP contribution in [0.15, 0.2) is 48.5 Å². The number of aromatic hydroxyl groups is 2. The van der Waals surface area contributed by atoms with E-state index < -0.39 is 0 Å². The Kier molecular flexibility index (Phi) is 6.38.